The number of hydrogen-bond donors (Lipinski definition) is 1. The molecule has 0 aliphatic rings. The van der Waals surface area contributed by atoms with Gasteiger partial charge in [-0.25, -0.2) is 4.79 Å². The van der Waals surface area contributed by atoms with E-state index in [-0.39, 0.29) is 0 Å². The second-order valence-electron chi connectivity index (χ2n) is 5.75. The number of rotatable bonds is 7. The zero-order chi connectivity index (χ0) is 16.6. The van der Waals surface area contributed by atoms with E-state index in [1.807, 2.05) is 39.0 Å². The lowest BCUT2D eigenvalue weighted by Gasteiger charge is -2.19. The molecule has 5 nitrogen and oxygen atoms in total. The Morgan fingerprint density at radius 3 is 2.68 bits per heavy atom. The Morgan fingerprint density at radius 1 is 1.36 bits per heavy atom. The Hall–Kier alpha value is -2.17. The van der Waals surface area contributed by atoms with Gasteiger partial charge in [-0.1, -0.05) is 12.7 Å². The summed E-state index contributed by atoms with van der Waals surface area (Å²) in [5, 5.41) is 2.73. The first-order valence-corrected chi connectivity index (χ1v) is 7.23. The molecule has 1 aromatic rings. The molecule has 1 rings (SSSR count). The molecule has 0 saturated carbocycles. The quantitative estimate of drug-likeness (QED) is 0.785. The highest BCUT2D eigenvalue weighted by molar-refractivity contribution is 5.67. The zero-order valence-corrected chi connectivity index (χ0v) is 13.8. The number of hydrogen-bond acceptors (Lipinski definition) is 4. The minimum atomic E-state index is -0.500. The van der Waals surface area contributed by atoms with Gasteiger partial charge in [0.1, 0.15) is 23.7 Å². The fourth-order valence-corrected chi connectivity index (χ4v) is 1.81. The lowest BCUT2D eigenvalue weighted by Crippen LogP contribution is -2.33. The van der Waals surface area contributed by atoms with Crippen molar-refractivity contribution in [1.82, 2.24) is 5.32 Å². The van der Waals surface area contributed by atoms with E-state index >= 15 is 0 Å². The maximum Gasteiger partial charge on any atom is 0.407 e. The van der Waals surface area contributed by atoms with Crippen molar-refractivity contribution in [3.8, 4) is 11.5 Å². The van der Waals surface area contributed by atoms with E-state index in [0.717, 1.165) is 17.1 Å². The van der Waals surface area contributed by atoms with E-state index < -0.39 is 11.7 Å². The minimum absolute atomic E-state index is 0.425. The standard InChI is InChI=1S/C17H25NO4/c1-6-11-21-14-7-8-15(20-5)13(12-14)9-10-18-16(19)22-17(2,3)4/h6-8,12H,1,9-11H2,2-5H3,(H,18,19). The third-order valence-electron chi connectivity index (χ3n) is 2.68. The summed E-state index contributed by atoms with van der Waals surface area (Å²) in [5.41, 5.74) is 0.459. The highest BCUT2D eigenvalue weighted by atomic mass is 16.6. The first-order valence-electron chi connectivity index (χ1n) is 7.23. The summed E-state index contributed by atoms with van der Waals surface area (Å²) in [6.45, 7) is 10.0. The van der Waals surface area contributed by atoms with Crippen molar-refractivity contribution in [3.63, 3.8) is 0 Å². The van der Waals surface area contributed by atoms with Crippen LogP contribution in [-0.2, 0) is 11.2 Å². The second kappa shape index (κ2) is 8.32. The van der Waals surface area contributed by atoms with Gasteiger partial charge in [0.15, 0.2) is 0 Å². The summed E-state index contributed by atoms with van der Waals surface area (Å²) in [5.74, 6) is 1.50. The maximum atomic E-state index is 11.6. The van der Waals surface area contributed by atoms with Crippen molar-refractivity contribution in [2.45, 2.75) is 32.8 Å². The molecule has 0 aromatic heterocycles. The third-order valence-corrected chi connectivity index (χ3v) is 2.68. The summed E-state index contributed by atoms with van der Waals surface area (Å²) >= 11 is 0. The van der Waals surface area contributed by atoms with E-state index in [0.29, 0.717) is 19.6 Å². The Bertz CT molecular complexity index is 506. The summed E-state index contributed by atoms with van der Waals surface area (Å²) in [7, 11) is 1.62. The molecule has 0 atom stereocenters. The molecule has 0 aliphatic carbocycles. The molecule has 1 amide bonds. The van der Waals surface area contributed by atoms with Gasteiger partial charge in [0.2, 0.25) is 0 Å². The molecule has 0 radical (unpaired) electrons. The Morgan fingerprint density at radius 2 is 2.09 bits per heavy atom. The van der Waals surface area contributed by atoms with Crippen LogP contribution in [0.4, 0.5) is 4.79 Å². The van der Waals surface area contributed by atoms with Gasteiger partial charge in [0.05, 0.1) is 7.11 Å². The highest BCUT2D eigenvalue weighted by Crippen LogP contribution is 2.24. The first-order chi connectivity index (χ1) is 10.4. The molecule has 0 fully saturated rings. The van der Waals surface area contributed by atoms with Gasteiger partial charge in [-0.05, 0) is 51.0 Å². The first kappa shape index (κ1) is 17.9. The smallest absolute Gasteiger partial charge is 0.407 e. The second-order valence-corrected chi connectivity index (χ2v) is 5.75. The van der Waals surface area contributed by atoms with Crippen LogP contribution in [0, 0.1) is 0 Å². The molecule has 5 heteroatoms. The van der Waals surface area contributed by atoms with E-state index in [4.69, 9.17) is 14.2 Å². The number of methoxy groups -OCH3 is 1. The lowest BCUT2D eigenvalue weighted by molar-refractivity contribution is 0.0528. The van der Waals surface area contributed by atoms with E-state index in [1.165, 1.54) is 0 Å². The summed E-state index contributed by atoms with van der Waals surface area (Å²) < 4.78 is 16.0. The van der Waals surface area contributed by atoms with E-state index in [2.05, 4.69) is 11.9 Å². The zero-order valence-electron chi connectivity index (χ0n) is 13.8. The minimum Gasteiger partial charge on any atom is -0.496 e. The van der Waals surface area contributed by atoms with Gasteiger partial charge in [-0.3, -0.25) is 0 Å². The van der Waals surface area contributed by atoms with Crippen molar-refractivity contribution in [2.24, 2.45) is 0 Å². The van der Waals surface area contributed by atoms with Crippen molar-refractivity contribution in [2.75, 3.05) is 20.3 Å². The van der Waals surface area contributed by atoms with Crippen LogP contribution in [0.2, 0.25) is 0 Å². The monoisotopic (exact) mass is 307 g/mol. The van der Waals surface area contributed by atoms with Crippen LogP contribution in [-0.4, -0.2) is 32.0 Å². The predicted octanol–water partition coefficient (Wildman–Crippen LogP) is 3.33. The molecule has 0 unspecified atom stereocenters. The largest absolute Gasteiger partial charge is 0.496 e. The highest BCUT2D eigenvalue weighted by Gasteiger charge is 2.15. The van der Waals surface area contributed by atoms with Gasteiger partial charge in [-0.15, -0.1) is 0 Å². The van der Waals surface area contributed by atoms with Crippen LogP contribution < -0.4 is 14.8 Å². The van der Waals surface area contributed by atoms with Crippen molar-refractivity contribution >= 4 is 6.09 Å². The number of ether oxygens (including phenoxy) is 3. The normalized spacial score (nSPS) is 10.7. The van der Waals surface area contributed by atoms with E-state index in [9.17, 15) is 4.79 Å². The molecule has 0 bridgehead atoms. The van der Waals surface area contributed by atoms with Crippen LogP contribution in [0.15, 0.2) is 30.9 Å². The van der Waals surface area contributed by atoms with Gasteiger partial charge in [0.25, 0.3) is 0 Å². The molecular weight excluding hydrogens is 282 g/mol. The maximum absolute atomic E-state index is 11.6. The molecular formula is C17H25NO4. The Kier molecular flexibility index (Phi) is 6.76. The van der Waals surface area contributed by atoms with Crippen molar-refractivity contribution in [3.05, 3.63) is 36.4 Å². The van der Waals surface area contributed by atoms with Gasteiger partial charge in [0, 0.05) is 6.54 Å². The van der Waals surface area contributed by atoms with Gasteiger partial charge < -0.3 is 19.5 Å². The summed E-state index contributed by atoms with van der Waals surface area (Å²) in [6, 6.07) is 5.59. The molecule has 0 saturated heterocycles. The Balaban J connectivity index is 2.59. The molecule has 0 heterocycles. The number of amides is 1. The van der Waals surface area contributed by atoms with Crippen LogP contribution in [0.1, 0.15) is 26.3 Å². The SMILES string of the molecule is C=CCOc1ccc(OC)c(CCNC(=O)OC(C)(C)C)c1. The number of alkyl carbamates (subject to hydrolysis) is 1. The average molecular weight is 307 g/mol. The number of carbonyl (C=O) groups excluding carboxylic acids is 1. The van der Waals surface area contributed by atoms with Crippen LogP contribution in [0.5, 0.6) is 11.5 Å². The fraction of sp³-hybridized carbons (Fsp3) is 0.471. The van der Waals surface area contributed by atoms with Gasteiger partial charge in [-0.2, -0.15) is 0 Å². The average Bonchev–Trinajstić information content (AvgIpc) is 2.43. The van der Waals surface area contributed by atoms with Crippen LogP contribution >= 0.6 is 0 Å². The topological polar surface area (TPSA) is 56.8 Å². The lowest BCUT2D eigenvalue weighted by atomic mass is 10.1. The molecule has 0 spiro atoms. The summed E-state index contributed by atoms with van der Waals surface area (Å²) in [4.78, 5) is 11.6. The van der Waals surface area contributed by atoms with Crippen molar-refractivity contribution in [1.29, 1.82) is 0 Å². The number of nitrogens with one attached hydrogen (secondary N) is 1. The summed E-state index contributed by atoms with van der Waals surface area (Å²) in [6.07, 6.45) is 1.88. The molecule has 1 N–H and O–H groups in total. The molecule has 22 heavy (non-hydrogen) atoms. The van der Waals surface area contributed by atoms with Crippen molar-refractivity contribution < 1.29 is 19.0 Å². The molecule has 122 valence electrons. The predicted molar refractivity (Wildman–Crippen MR) is 86.6 cm³/mol. The van der Waals surface area contributed by atoms with Crippen LogP contribution in [0.3, 0.4) is 0 Å². The van der Waals surface area contributed by atoms with E-state index in [1.54, 1.807) is 13.2 Å². The Labute approximate surface area is 132 Å². The van der Waals surface area contributed by atoms with Gasteiger partial charge >= 0.3 is 6.09 Å². The molecule has 1 aromatic carbocycles. The number of benzene rings is 1. The number of carbonyl (C=O) groups is 1. The fourth-order valence-electron chi connectivity index (χ4n) is 1.81. The molecule has 0 aliphatic heterocycles. The third kappa shape index (κ3) is 6.52. The van der Waals surface area contributed by atoms with Crippen LogP contribution in [0.25, 0.3) is 0 Å².